The van der Waals surface area contributed by atoms with Crippen LogP contribution < -0.4 is 15.6 Å². The number of thiazole rings is 1. The number of aryl methyl sites for hydroxylation is 1. The van der Waals surface area contributed by atoms with Crippen molar-refractivity contribution in [1.82, 2.24) is 4.98 Å². The van der Waals surface area contributed by atoms with Crippen molar-refractivity contribution in [2.75, 3.05) is 11.6 Å². The van der Waals surface area contributed by atoms with Crippen molar-refractivity contribution in [3.05, 3.63) is 64.0 Å². The minimum atomic E-state index is 0.0557. The van der Waals surface area contributed by atoms with Crippen LogP contribution in [0.3, 0.4) is 0 Å². The average Bonchev–Trinajstić information content (AvgIpc) is 3.20. The molecule has 0 aliphatic rings. The van der Waals surface area contributed by atoms with Gasteiger partial charge < -0.3 is 15.8 Å². The smallest absolute Gasteiger partial charge is 0.172 e. The van der Waals surface area contributed by atoms with Gasteiger partial charge in [0.1, 0.15) is 0 Å². The third kappa shape index (κ3) is 5.59. The molecule has 3 N–H and O–H groups in total. The monoisotopic (exact) mass is 452 g/mol. The number of benzene rings is 2. The molecule has 0 spiro atoms. The van der Waals surface area contributed by atoms with Crippen LogP contribution in [0.15, 0.2) is 53.7 Å². The van der Waals surface area contributed by atoms with E-state index in [1.807, 2.05) is 48.4 Å². The first-order valence-corrected chi connectivity index (χ1v) is 11.9. The first-order valence-electron chi connectivity index (χ1n) is 11.0. The van der Waals surface area contributed by atoms with E-state index < -0.39 is 0 Å². The van der Waals surface area contributed by atoms with Crippen LogP contribution in [0, 0.1) is 6.92 Å². The van der Waals surface area contributed by atoms with E-state index in [2.05, 4.69) is 38.1 Å². The van der Waals surface area contributed by atoms with Gasteiger partial charge in [0.05, 0.1) is 22.9 Å². The standard InChI is InChI=1S/C25H32N4O2S/c1-5-6-9-16-29(22-11-8-7-10-21(22)25(26)28-30)31-20-14-12-19(13-15-20)23-24(17(2)3)32-18(4)27-23/h7-8,10-15,17,30H,5-6,9,16H2,1-4H3,(H2,26,28). The number of nitrogens with zero attached hydrogens (tertiary/aromatic N) is 3. The second kappa shape index (κ2) is 11.0. The third-order valence-corrected chi connectivity index (χ3v) is 6.42. The van der Waals surface area contributed by atoms with Crippen LogP contribution in [-0.4, -0.2) is 22.6 Å². The van der Waals surface area contributed by atoms with Crippen LogP contribution in [0.25, 0.3) is 11.3 Å². The molecule has 0 bridgehead atoms. The molecule has 7 heteroatoms. The Bertz CT molecular complexity index is 1040. The van der Waals surface area contributed by atoms with Crippen molar-refractivity contribution in [3.8, 4) is 17.0 Å². The highest BCUT2D eigenvalue weighted by Gasteiger charge is 2.17. The van der Waals surface area contributed by atoms with Gasteiger partial charge in [-0.05, 0) is 55.7 Å². The Morgan fingerprint density at radius 2 is 1.88 bits per heavy atom. The number of anilines is 1. The van der Waals surface area contributed by atoms with Crippen LogP contribution >= 0.6 is 11.3 Å². The largest absolute Gasteiger partial charge is 0.409 e. The fourth-order valence-corrected chi connectivity index (χ4v) is 4.48. The molecule has 0 unspecified atom stereocenters. The molecule has 0 aliphatic heterocycles. The van der Waals surface area contributed by atoms with Gasteiger partial charge in [-0.2, -0.15) is 0 Å². The van der Waals surface area contributed by atoms with Crippen LogP contribution in [-0.2, 0) is 0 Å². The lowest BCUT2D eigenvalue weighted by atomic mass is 10.1. The Hall–Kier alpha value is -3.06. The highest BCUT2D eigenvalue weighted by Crippen LogP contribution is 2.34. The molecule has 0 saturated heterocycles. The van der Waals surface area contributed by atoms with Crippen molar-refractivity contribution in [1.29, 1.82) is 0 Å². The first kappa shape index (κ1) is 23.6. The molecule has 0 radical (unpaired) electrons. The van der Waals surface area contributed by atoms with Gasteiger partial charge in [0.2, 0.25) is 0 Å². The van der Waals surface area contributed by atoms with Gasteiger partial charge >= 0.3 is 0 Å². The normalized spacial score (nSPS) is 11.7. The van der Waals surface area contributed by atoms with Crippen molar-refractivity contribution in [2.45, 2.75) is 52.9 Å². The summed E-state index contributed by atoms with van der Waals surface area (Å²) in [6, 6.07) is 15.5. The molecule has 0 fully saturated rings. The number of hydroxylamine groups is 1. The molecular formula is C25H32N4O2S. The molecule has 3 aromatic rings. The van der Waals surface area contributed by atoms with Crippen molar-refractivity contribution < 1.29 is 10.0 Å². The molecule has 170 valence electrons. The number of hydrogen-bond acceptors (Lipinski definition) is 6. The zero-order valence-electron chi connectivity index (χ0n) is 19.2. The summed E-state index contributed by atoms with van der Waals surface area (Å²) in [5.41, 5.74) is 9.44. The van der Waals surface area contributed by atoms with E-state index in [9.17, 15) is 5.21 Å². The minimum absolute atomic E-state index is 0.0557. The van der Waals surface area contributed by atoms with E-state index in [0.717, 1.165) is 47.0 Å². The minimum Gasteiger partial charge on any atom is -0.409 e. The molecule has 32 heavy (non-hydrogen) atoms. The summed E-state index contributed by atoms with van der Waals surface area (Å²) in [5, 5.41) is 15.3. The van der Waals surface area contributed by atoms with Crippen LogP contribution in [0.2, 0.25) is 0 Å². The Morgan fingerprint density at radius 1 is 1.16 bits per heavy atom. The molecule has 0 amide bonds. The summed E-state index contributed by atoms with van der Waals surface area (Å²) in [6.45, 7) is 9.29. The van der Waals surface area contributed by atoms with Crippen LogP contribution in [0.5, 0.6) is 5.75 Å². The Morgan fingerprint density at radius 3 is 2.53 bits per heavy atom. The van der Waals surface area contributed by atoms with Crippen molar-refractivity contribution >= 4 is 22.9 Å². The average molecular weight is 453 g/mol. The number of oxime groups is 1. The predicted octanol–water partition coefficient (Wildman–Crippen LogP) is 6.33. The van der Waals surface area contributed by atoms with Crippen molar-refractivity contribution in [2.24, 2.45) is 10.9 Å². The Labute approximate surface area is 194 Å². The van der Waals surface area contributed by atoms with E-state index in [-0.39, 0.29) is 5.84 Å². The lowest BCUT2D eigenvalue weighted by Crippen LogP contribution is -2.31. The summed E-state index contributed by atoms with van der Waals surface area (Å²) < 4.78 is 0. The van der Waals surface area contributed by atoms with E-state index in [0.29, 0.717) is 18.0 Å². The second-order valence-electron chi connectivity index (χ2n) is 8.03. The SMILES string of the molecule is CCCCCN(Oc1ccc(-c2nc(C)sc2C(C)C)cc1)c1ccccc1C(N)=NO. The zero-order chi connectivity index (χ0) is 23.1. The summed E-state index contributed by atoms with van der Waals surface area (Å²) in [4.78, 5) is 12.3. The van der Waals surface area contributed by atoms with E-state index in [4.69, 9.17) is 15.6 Å². The van der Waals surface area contributed by atoms with Gasteiger partial charge in [-0.3, -0.25) is 0 Å². The Kier molecular flexibility index (Phi) is 8.11. The molecule has 6 nitrogen and oxygen atoms in total. The van der Waals surface area contributed by atoms with Gasteiger partial charge in [-0.1, -0.05) is 50.9 Å². The number of aromatic nitrogens is 1. The molecule has 1 aromatic heterocycles. The molecule has 1 heterocycles. The van der Waals surface area contributed by atoms with E-state index in [1.54, 1.807) is 11.3 Å². The molecule has 3 rings (SSSR count). The maximum atomic E-state index is 9.20. The molecule has 2 aromatic carbocycles. The molecule has 0 aliphatic carbocycles. The van der Waals surface area contributed by atoms with Gasteiger partial charge in [0, 0.05) is 16.0 Å². The van der Waals surface area contributed by atoms with E-state index in [1.165, 1.54) is 4.88 Å². The number of para-hydroxylation sites is 1. The molecule has 0 saturated carbocycles. The maximum Gasteiger partial charge on any atom is 0.172 e. The first-order chi connectivity index (χ1) is 15.4. The van der Waals surface area contributed by atoms with Gasteiger partial charge in [-0.15, -0.1) is 11.3 Å². The lowest BCUT2D eigenvalue weighted by molar-refractivity contribution is 0.275. The van der Waals surface area contributed by atoms with Gasteiger partial charge in [0.25, 0.3) is 0 Å². The second-order valence-corrected chi connectivity index (χ2v) is 9.26. The molecular weight excluding hydrogens is 420 g/mol. The number of hydrogen-bond donors (Lipinski definition) is 2. The number of rotatable bonds is 10. The summed E-state index contributed by atoms with van der Waals surface area (Å²) in [6.07, 6.45) is 3.16. The number of nitrogens with two attached hydrogens (primary N) is 1. The van der Waals surface area contributed by atoms with Gasteiger partial charge in [0.15, 0.2) is 11.6 Å². The maximum absolute atomic E-state index is 9.20. The number of amidine groups is 1. The topological polar surface area (TPSA) is 84.0 Å². The fraction of sp³-hybridized carbons (Fsp3) is 0.360. The van der Waals surface area contributed by atoms with Gasteiger partial charge in [-0.25, -0.2) is 10.0 Å². The highest BCUT2D eigenvalue weighted by molar-refractivity contribution is 7.12. The Balaban J connectivity index is 1.88. The highest BCUT2D eigenvalue weighted by atomic mass is 32.1. The summed E-state index contributed by atoms with van der Waals surface area (Å²) in [5.74, 6) is 1.20. The van der Waals surface area contributed by atoms with Crippen molar-refractivity contribution in [3.63, 3.8) is 0 Å². The summed E-state index contributed by atoms with van der Waals surface area (Å²) in [7, 11) is 0. The lowest BCUT2D eigenvalue weighted by Gasteiger charge is -2.26. The summed E-state index contributed by atoms with van der Waals surface area (Å²) >= 11 is 1.75. The fourth-order valence-electron chi connectivity index (χ4n) is 3.52. The van der Waals surface area contributed by atoms with Crippen LogP contribution in [0.1, 0.15) is 61.4 Å². The third-order valence-electron chi connectivity index (χ3n) is 5.15. The predicted molar refractivity (Wildman–Crippen MR) is 133 cm³/mol. The van der Waals surface area contributed by atoms with Crippen LogP contribution in [0.4, 0.5) is 5.69 Å². The quantitative estimate of drug-likeness (QED) is 0.123. The number of unbranched alkanes of at least 4 members (excludes halogenated alkanes) is 2. The van der Waals surface area contributed by atoms with E-state index >= 15 is 0 Å². The molecule has 0 atom stereocenters. The zero-order valence-corrected chi connectivity index (χ0v) is 20.0.